The number of nitrogens with zero attached hydrogens (tertiary/aromatic N) is 3. The first-order valence-electron chi connectivity index (χ1n) is 9.62. The van der Waals surface area contributed by atoms with Gasteiger partial charge in [-0.1, -0.05) is 6.92 Å². The van der Waals surface area contributed by atoms with E-state index in [1.165, 1.54) is 0 Å². The van der Waals surface area contributed by atoms with Crippen LogP contribution in [0.1, 0.15) is 23.7 Å². The molecule has 1 aliphatic rings. The van der Waals surface area contributed by atoms with Crippen LogP contribution in [0.4, 0.5) is 11.5 Å². The minimum atomic E-state index is -0.233. The molecule has 1 aromatic heterocycles. The fraction of sp³-hybridized carbons (Fsp3) is 0.429. The van der Waals surface area contributed by atoms with E-state index in [0.29, 0.717) is 29.4 Å². The van der Waals surface area contributed by atoms with Gasteiger partial charge >= 0.3 is 0 Å². The third-order valence-corrected chi connectivity index (χ3v) is 4.73. The number of anilines is 2. The lowest BCUT2D eigenvalue weighted by Gasteiger charge is -2.33. The van der Waals surface area contributed by atoms with E-state index in [0.717, 1.165) is 38.4 Å². The molecule has 2 aromatic rings. The number of aromatic nitrogens is 1. The average Bonchev–Trinajstić information content (AvgIpc) is 2.73. The molecular weight excluding hydrogens is 356 g/mol. The second-order valence-corrected chi connectivity index (χ2v) is 6.86. The number of ether oxygens (including phenoxy) is 2. The van der Waals surface area contributed by atoms with Gasteiger partial charge in [-0.25, -0.2) is 4.98 Å². The monoisotopic (exact) mass is 384 g/mol. The van der Waals surface area contributed by atoms with Gasteiger partial charge in [-0.15, -0.1) is 0 Å². The van der Waals surface area contributed by atoms with Crippen molar-refractivity contribution < 1.29 is 14.3 Å². The number of rotatable bonds is 7. The van der Waals surface area contributed by atoms with Crippen LogP contribution in [0.2, 0.25) is 0 Å². The molecule has 1 saturated heterocycles. The first-order valence-corrected chi connectivity index (χ1v) is 9.62. The number of nitrogens with one attached hydrogen (secondary N) is 1. The third-order valence-electron chi connectivity index (χ3n) is 4.73. The number of methoxy groups -OCH3 is 1. The van der Waals surface area contributed by atoms with Gasteiger partial charge in [-0.2, -0.15) is 0 Å². The van der Waals surface area contributed by atoms with E-state index < -0.39 is 0 Å². The van der Waals surface area contributed by atoms with Crippen LogP contribution < -0.4 is 19.7 Å². The summed E-state index contributed by atoms with van der Waals surface area (Å²) >= 11 is 0. The predicted molar refractivity (Wildman–Crippen MR) is 111 cm³/mol. The topological polar surface area (TPSA) is 66.9 Å². The summed E-state index contributed by atoms with van der Waals surface area (Å²) in [6.07, 6.45) is 2.55. The van der Waals surface area contributed by atoms with Gasteiger partial charge in [0.2, 0.25) is 0 Å². The molecule has 150 valence electrons. The summed E-state index contributed by atoms with van der Waals surface area (Å²) < 4.78 is 11.0. The van der Waals surface area contributed by atoms with Crippen molar-refractivity contribution in [3.05, 3.63) is 42.1 Å². The number of amides is 1. The molecule has 7 heteroatoms. The summed E-state index contributed by atoms with van der Waals surface area (Å²) in [5.74, 6) is 1.87. The SMILES string of the molecule is CCCOc1cc(OC)ccc1C(=O)Nc1ccc(N2CCN(C)CC2)nc1. The molecule has 7 nitrogen and oxygen atoms in total. The summed E-state index contributed by atoms with van der Waals surface area (Å²) in [6.45, 7) is 6.52. The number of hydrogen-bond acceptors (Lipinski definition) is 6. The zero-order chi connectivity index (χ0) is 19.9. The minimum absolute atomic E-state index is 0.233. The van der Waals surface area contributed by atoms with Gasteiger partial charge in [0.15, 0.2) is 0 Å². The molecule has 2 heterocycles. The van der Waals surface area contributed by atoms with Gasteiger partial charge in [0.25, 0.3) is 5.91 Å². The minimum Gasteiger partial charge on any atom is -0.497 e. The Labute approximate surface area is 166 Å². The third kappa shape index (κ3) is 4.92. The van der Waals surface area contributed by atoms with E-state index in [1.807, 2.05) is 19.1 Å². The van der Waals surface area contributed by atoms with Crippen molar-refractivity contribution >= 4 is 17.4 Å². The lowest BCUT2D eigenvalue weighted by Crippen LogP contribution is -2.44. The van der Waals surface area contributed by atoms with Gasteiger partial charge in [0.05, 0.1) is 31.2 Å². The summed E-state index contributed by atoms with van der Waals surface area (Å²) in [6, 6.07) is 9.03. The molecule has 28 heavy (non-hydrogen) atoms. The highest BCUT2D eigenvalue weighted by molar-refractivity contribution is 6.06. The van der Waals surface area contributed by atoms with E-state index in [2.05, 4.69) is 27.1 Å². The van der Waals surface area contributed by atoms with Crippen LogP contribution in [0.15, 0.2) is 36.5 Å². The molecule has 1 amide bonds. The normalized spacial score (nSPS) is 14.6. The van der Waals surface area contributed by atoms with Crippen molar-refractivity contribution in [3.63, 3.8) is 0 Å². The smallest absolute Gasteiger partial charge is 0.259 e. The fourth-order valence-corrected chi connectivity index (χ4v) is 3.03. The average molecular weight is 384 g/mol. The summed E-state index contributed by atoms with van der Waals surface area (Å²) in [7, 11) is 3.72. The number of carbonyl (C=O) groups is 1. The Morgan fingerprint density at radius 3 is 2.61 bits per heavy atom. The van der Waals surface area contributed by atoms with Crippen LogP contribution in [0.3, 0.4) is 0 Å². The Morgan fingerprint density at radius 2 is 1.96 bits per heavy atom. The molecule has 0 radical (unpaired) electrons. The maximum absolute atomic E-state index is 12.7. The number of hydrogen-bond donors (Lipinski definition) is 1. The van der Waals surface area contributed by atoms with Gasteiger partial charge in [0, 0.05) is 32.2 Å². The van der Waals surface area contributed by atoms with E-state index in [9.17, 15) is 4.79 Å². The number of pyridine rings is 1. The highest BCUT2D eigenvalue weighted by atomic mass is 16.5. The zero-order valence-corrected chi connectivity index (χ0v) is 16.8. The highest BCUT2D eigenvalue weighted by Crippen LogP contribution is 2.26. The van der Waals surface area contributed by atoms with Crippen molar-refractivity contribution in [1.29, 1.82) is 0 Å². The lowest BCUT2D eigenvalue weighted by molar-refractivity contribution is 0.102. The van der Waals surface area contributed by atoms with Gasteiger partial charge in [0.1, 0.15) is 17.3 Å². The molecule has 3 rings (SSSR count). The Kier molecular flexibility index (Phi) is 6.71. The van der Waals surface area contributed by atoms with E-state index >= 15 is 0 Å². The zero-order valence-electron chi connectivity index (χ0n) is 16.8. The Bertz CT molecular complexity index is 787. The molecular formula is C21H28N4O3. The maximum Gasteiger partial charge on any atom is 0.259 e. The van der Waals surface area contributed by atoms with Crippen molar-refractivity contribution in [1.82, 2.24) is 9.88 Å². The molecule has 0 spiro atoms. The van der Waals surface area contributed by atoms with Crippen LogP contribution in [0.25, 0.3) is 0 Å². The van der Waals surface area contributed by atoms with Crippen molar-refractivity contribution in [3.8, 4) is 11.5 Å². The largest absolute Gasteiger partial charge is 0.497 e. The fourth-order valence-electron chi connectivity index (χ4n) is 3.03. The Hall–Kier alpha value is -2.80. The number of carbonyl (C=O) groups excluding carboxylic acids is 1. The lowest BCUT2D eigenvalue weighted by atomic mass is 10.1. The van der Waals surface area contributed by atoms with Crippen LogP contribution >= 0.6 is 0 Å². The molecule has 0 bridgehead atoms. The molecule has 0 atom stereocenters. The molecule has 0 aliphatic carbocycles. The predicted octanol–water partition coefficient (Wildman–Crippen LogP) is 2.88. The molecule has 0 unspecified atom stereocenters. The first kappa shape index (κ1) is 19.9. The summed E-state index contributed by atoms with van der Waals surface area (Å²) in [4.78, 5) is 21.8. The van der Waals surface area contributed by atoms with E-state index in [4.69, 9.17) is 9.47 Å². The quantitative estimate of drug-likeness (QED) is 0.792. The van der Waals surface area contributed by atoms with Gasteiger partial charge in [-0.3, -0.25) is 4.79 Å². The first-order chi connectivity index (χ1) is 13.6. The molecule has 1 aromatic carbocycles. The molecule has 1 aliphatic heterocycles. The van der Waals surface area contributed by atoms with Crippen LogP contribution in [0.5, 0.6) is 11.5 Å². The maximum atomic E-state index is 12.7. The van der Waals surface area contributed by atoms with Crippen LogP contribution in [-0.4, -0.2) is 62.7 Å². The standard InChI is InChI=1S/C21H28N4O3/c1-4-13-28-19-14-17(27-3)6-7-18(19)21(26)23-16-5-8-20(22-15-16)25-11-9-24(2)10-12-25/h5-8,14-15H,4,9-13H2,1-3H3,(H,23,26). The Balaban J connectivity index is 1.69. The second-order valence-electron chi connectivity index (χ2n) is 6.86. The number of likely N-dealkylation sites (N-methyl/N-ethyl adjacent to an activating group) is 1. The summed E-state index contributed by atoms with van der Waals surface area (Å²) in [5, 5.41) is 2.90. The molecule has 1 fully saturated rings. The highest BCUT2D eigenvalue weighted by Gasteiger charge is 2.17. The van der Waals surface area contributed by atoms with E-state index in [1.54, 1.807) is 31.5 Å². The summed E-state index contributed by atoms with van der Waals surface area (Å²) in [5.41, 5.74) is 1.12. The second kappa shape index (κ2) is 9.41. The van der Waals surface area contributed by atoms with Gasteiger partial charge < -0.3 is 24.6 Å². The van der Waals surface area contributed by atoms with Crippen LogP contribution in [-0.2, 0) is 0 Å². The van der Waals surface area contributed by atoms with Crippen molar-refractivity contribution in [2.45, 2.75) is 13.3 Å². The molecule has 1 N–H and O–H groups in total. The van der Waals surface area contributed by atoms with Crippen LogP contribution in [0, 0.1) is 0 Å². The Morgan fingerprint density at radius 1 is 1.18 bits per heavy atom. The van der Waals surface area contributed by atoms with Crippen molar-refractivity contribution in [2.75, 3.05) is 57.2 Å². The van der Waals surface area contributed by atoms with Crippen molar-refractivity contribution in [2.24, 2.45) is 0 Å². The molecule has 0 saturated carbocycles. The van der Waals surface area contributed by atoms with E-state index in [-0.39, 0.29) is 5.91 Å². The number of benzene rings is 1. The van der Waals surface area contributed by atoms with Gasteiger partial charge in [-0.05, 0) is 37.7 Å². The number of piperazine rings is 1.